The number of nitrogens with zero attached hydrogens (tertiary/aromatic N) is 2. The zero-order chi connectivity index (χ0) is 17.8. The number of rotatable bonds is 5. The minimum atomic E-state index is -0.452. The van der Waals surface area contributed by atoms with E-state index in [0.717, 1.165) is 16.3 Å². The second-order valence-corrected chi connectivity index (χ2v) is 6.38. The fourth-order valence-electron chi connectivity index (χ4n) is 2.47. The predicted octanol–water partition coefficient (Wildman–Crippen LogP) is 3.89. The monoisotopic (exact) mass is 353 g/mol. The maximum atomic E-state index is 12.2. The van der Waals surface area contributed by atoms with Gasteiger partial charge in [0.15, 0.2) is 0 Å². The first-order chi connectivity index (χ1) is 12.0. The van der Waals surface area contributed by atoms with Gasteiger partial charge in [0.25, 0.3) is 5.69 Å². The van der Waals surface area contributed by atoms with Crippen molar-refractivity contribution in [2.24, 2.45) is 5.10 Å². The highest BCUT2D eigenvalue weighted by atomic mass is 32.1. The predicted molar refractivity (Wildman–Crippen MR) is 99.0 cm³/mol. The standard InChI is InChI=1S/C18H15N3O3S/c1-12(17-10-15(11-25-17)21(23)24)19-20-18(22)9-14-7-4-6-13-5-2-3-8-16(13)14/h2-8,10-11H,9H2,1H3,(H,20,22)/b19-12-. The van der Waals surface area contributed by atoms with Crippen LogP contribution in [0.15, 0.2) is 59.0 Å². The SMILES string of the molecule is C/C(=N/NC(=O)Cc1cccc2ccccc12)c1cc([N+](=O)[O-])cs1. The first-order valence-corrected chi connectivity index (χ1v) is 8.45. The molecule has 0 bridgehead atoms. The van der Waals surface area contributed by atoms with E-state index in [9.17, 15) is 14.9 Å². The van der Waals surface area contributed by atoms with Crippen molar-refractivity contribution in [2.75, 3.05) is 0 Å². The van der Waals surface area contributed by atoms with Crippen molar-refractivity contribution in [3.8, 4) is 0 Å². The Hall–Kier alpha value is -3.06. The van der Waals surface area contributed by atoms with Crippen molar-refractivity contribution in [3.05, 3.63) is 74.5 Å². The third-order valence-electron chi connectivity index (χ3n) is 3.73. The molecule has 0 saturated heterocycles. The average Bonchev–Trinajstić information content (AvgIpc) is 3.10. The van der Waals surface area contributed by atoms with Gasteiger partial charge in [-0.05, 0) is 23.3 Å². The quantitative estimate of drug-likeness (QED) is 0.429. The molecule has 0 unspecified atom stereocenters. The van der Waals surface area contributed by atoms with E-state index >= 15 is 0 Å². The number of carbonyl (C=O) groups excluding carboxylic acids is 1. The Kier molecular flexibility index (Phi) is 4.85. The molecule has 1 heterocycles. The van der Waals surface area contributed by atoms with Crippen LogP contribution in [0.1, 0.15) is 17.4 Å². The number of amides is 1. The van der Waals surface area contributed by atoms with Gasteiger partial charge in [0.2, 0.25) is 5.91 Å². The number of nitrogens with one attached hydrogen (secondary N) is 1. The minimum Gasteiger partial charge on any atom is -0.273 e. The number of carbonyl (C=O) groups is 1. The number of hydrogen-bond acceptors (Lipinski definition) is 5. The normalized spacial score (nSPS) is 11.5. The molecule has 6 nitrogen and oxygen atoms in total. The molecule has 0 aliphatic carbocycles. The van der Waals surface area contributed by atoms with Crippen LogP contribution >= 0.6 is 11.3 Å². The van der Waals surface area contributed by atoms with Crippen molar-refractivity contribution in [2.45, 2.75) is 13.3 Å². The minimum absolute atomic E-state index is 0.0247. The van der Waals surface area contributed by atoms with Gasteiger partial charge in [-0.25, -0.2) is 5.43 Å². The van der Waals surface area contributed by atoms with Crippen molar-refractivity contribution < 1.29 is 9.72 Å². The van der Waals surface area contributed by atoms with Crippen LogP contribution < -0.4 is 5.43 Å². The molecule has 1 amide bonds. The molecule has 3 aromatic rings. The molecule has 0 saturated carbocycles. The van der Waals surface area contributed by atoms with E-state index in [1.807, 2.05) is 42.5 Å². The van der Waals surface area contributed by atoms with Crippen molar-refractivity contribution in [1.82, 2.24) is 5.43 Å². The van der Waals surface area contributed by atoms with Crippen molar-refractivity contribution in [3.63, 3.8) is 0 Å². The molecular weight excluding hydrogens is 338 g/mol. The molecule has 7 heteroatoms. The molecule has 0 spiro atoms. The van der Waals surface area contributed by atoms with E-state index in [0.29, 0.717) is 10.6 Å². The molecule has 25 heavy (non-hydrogen) atoms. The molecule has 0 aliphatic heterocycles. The van der Waals surface area contributed by atoms with Gasteiger partial charge in [-0.1, -0.05) is 42.5 Å². The van der Waals surface area contributed by atoms with Crippen LogP contribution in [0, 0.1) is 10.1 Å². The van der Waals surface area contributed by atoms with E-state index in [2.05, 4.69) is 10.5 Å². The Balaban J connectivity index is 1.70. The summed E-state index contributed by atoms with van der Waals surface area (Å²) in [5, 5.41) is 18.3. The van der Waals surface area contributed by atoms with E-state index in [-0.39, 0.29) is 18.0 Å². The molecule has 2 aromatic carbocycles. The fourth-order valence-corrected chi connectivity index (χ4v) is 3.28. The lowest BCUT2D eigenvalue weighted by atomic mass is 10.0. The van der Waals surface area contributed by atoms with Gasteiger partial charge in [0, 0.05) is 6.07 Å². The third-order valence-corrected chi connectivity index (χ3v) is 4.76. The molecule has 0 fully saturated rings. The summed E-state index contributed by atoms with van der Waals surface area (Å²) in [6.45, 7) is 1.70. The van der Waals surface area contributed by atoms with Crippen molar-refractivity contribution >= 4 is 39.4 Å². The highest BCUT2D eigenvalue weighted by Gasteiger charge is 2.12. The Morgan fingerprint density at radius 1 is 1.24 bits per heavy atom. The Bertz CT molecular complexity index is 973. The molecule has 0 aliphatic rings. The first-order valence-electron chi connectivity index (χ1n) is 7.57. The van der Waals surface area contributed by atoms with Gasteiger partial charge in [0.05, 0.1) is 27.3 Å². The summed E-state index contributed by atoms with van der Waals surface area (Å²) >= 11 is 1.22. The molecular formula is C18H15N3O3S. The fraction of sp³-hybridized carbons (Fsp3) is 0.111. The summed E-state index contributed by atoms with van der Waals surface area (Å²) in [6, 6.07) is 15.2. The van der Waals surface area contributed by atoms with Crippen LogP contribution in [-0.2, 0) is 11.2 Å². The third kappa shape index (κ3) is 3.89. The smallest absolute Gasteiger partial charge is 0.273 e. The van der Waals surface area contributed by atoms with Crippen LogP contribution in [0.3, 0.4) is 0 Å². The van der Waals surface area contributed by atoms with Gasteiger partial charge < -0.3 is 0 Å². The van der Waals surface area contributed by atoms with Crippen molar-refractivity contribution in [1.29, 1.82) is 0 Å². The number of benzene rings is 2. The van der Waals surface area contributed by atoms with Crippen LogP contribution in [0.2, 0.25) is 0 Å². The lowest BCUT2D eigenvalue weighted by Gasteiger charge is -2.06. The van der Waals surface area contributed by atoms with Crippen LogP contribution in [0.5, 0.6) is 0 Å². The maximum absolute atomic E-state index is 12.2. The largest absolute Gasteiger partial charge is 0.280 e. The molecule has 0 atom stereocenters. The van der Waals surface area contributed by atoms with E-state index in [1.54, 1.807) is 6.92 Å². The van der Waals surface area contributed by atoms with E-state index < -0.39 is 4.92 Å². The topological polar surface area (TPSA) is 84.6 Å². The summed E-state index contributed by atoms with van der Waals surface area (Å²) in [5.74, 6) is -0.234. The summed E-state index contributed by atoms with van der Waals surface area (Å²) in [6.07, 6.45) is 0.211. The highest BCUT2D eigenvalue weighted by Crippen LogP contribution is 2.22. The molecule has 3 rings (SSSR count). The average molecular weight is 353 g/mol. The second-order valence-electron chi connectivity index (χ2n) is 5.47. The second kappa shape index (κ2) is 7.23. The van der Waals surface area contributed by atoms with Gasteiger partial charge >= 0.3 is 0 Å². The molecule has 1 N–H and O–H groups in total. The van der Waals surface area contributed by atoms with E-state index in [1.165, 1.54) is 22.8 Å². The zero-order valence-electron chi connectivity index (χ0n) is 13.4. The highest BCUT2D eigenvalue weighted by molar-refractivity contribution is 7.12. The Morgan fingerprint density at radius 2 is 2.00 bits per heavy atom. The number of hydrogen-bond donors (Lipinski definition) is 1. The molecule has 0 radical (unpaired) electrons. The molecule has 1 aromatic heterocycles. The number of nitro groups is 1. The summed E-state index contributed by atoms with van der Waals surface area (Å²) in [7, 11) is 0. The Labute approximate surface area is 148 Å². The zero-order valence-corrected chi connectivity index (χ0v) is 14.2. The van der Waals surface area contributed by atoms with E-state index in [4.69, 9.17) is 0 Å². The lowest BCUT2D eigenvalue weighted by molar-refractivity contribution is -0.384. The first kappa shape index (κ1) is 16.8. The van der Waals surface area contributed by atoms with Crippen LogP contribution in [0.4, 0.5) is 5.69 Å². The summed E-state index contributed by atoms with van der Waals surface area (Å²) in [4.78, 5) is 23.1. The van der Waals surface area contributed by atoms with Crippen LogP contribution in [-0.4, -0.2) is 16.5 Å². The summed E-state index contributed by atoms with van der Waals surface area (Å²) < 4.78 is 0. The number of hydrazone groups is 1. The summed E-state index contributed by atoms with van der Waals surface area (Å²) in [5.41, 5.74) is 4.00. The van der Waals surface area contributed by atoms with Gasteiger partial charge in [-0.15, -0.1) is 11.3 Å². The van der Waals surface area contributed by atoms with Gasteiger partial charge in [-0.3, -0.25) is 14.9 Å². The molecule has 126 valence electrons. The number of thiophene rings is 1. The lowest BCUT2D eigenvalue weighted by Crippen LogP contribution is -2.21. The maximum Gasteiger partial charge on any atom is 0.280 e. The van der Waals surface area contributed by atoms with Crippen LogP contribution in [0.25, 0.3) is 10.8 Å². The van der Waals surface area contributed by atoms with Gasteiger partial charge in [-0.2, -0.15) is 5.10 Å². The Morgan fingerprint density at radius 3 is 2.76 bits per heavy atom. The number of fused-ring (bicyclic) bond motifs is 1. The van der Waals surface area contributed by atoms with Gasteiger partial charge in [0.1, 0.15) is 0 Å².